The molecule has 10 heteroatoms. The average molecular weight is 516 g/mol. The molecule has 154 valence electrons. The summed E-state index contributed by atoms with van der Waals surface area (Å²) in [4.78, 5) is 4.14. The Balaban J connectivity index is 0.00000364. The molecule has 0 saturated carbocycles. The lowest BCUT2D eigenvalue weighted by Crippen LogP contribution is -2.50. The first-order valence-corrected chi connectivity index (χ1v) is 10.4. The molecule has 1 aliphatic heterocycles. The van der Waals surface area contributed by atoms with Gasteiger partial charge in [0.05, 0.1) is 5.75 Å². The molecule has 1 aromatic rings. The van der Waals surface area contributed by atoms with Crippen LogP contribution in [0.4, 0.5) is 8.78 Å². The summed E-state index contributed by atoms with van der Waals surface area (Å²) in [5, 5.41) is 6.38. The fraction of sp³-hybridized carbons (Fsp3) is 0.588. The molecule has 1 saturated heterocycles. The van der Waals surface area contributed by atoms with E-state index in [1.807, 2.05) is 0 Å². The summed E-state index contributed by atoms with van der Waals surface area (Å²) < 4.78 is 51.8. The summed E-state index contributed by atoms with van der Waals surface area (Å²) in [6.45, 7) is 3.08. The zero-order chi connectivity index (χ0) is 19.2. The number of sulfonamides is 1. The van der Waals surface area contributed by atoms with Crippen LogP contribution in [0, 0.1) is 11.6 Å². The van der Waals surface area contributed by atoms with Crippen LogP contribution in [0.15, 0.2) is 23.2 Å². The van der Waals surface area contributed by atoms with Crippen LogP contribution in [-0.2, 0) is 16.4 Å². The fourth-order valence-electron chi connectivity index (χ4n) is 2.89. The predicted molar refractivity (Wildman–Crippen MR) is 114 cm³/mol. The van der Waals surface area contributed by atoms with Gasteiger partial charge in [0.2, 0.25) is 10.0 Å². The fourth-order valence-corrected chi connectivity index (χ4v) is 4.02. The Morgan fingerprint density at radius 3 is 2.52 bits per heavy atom. The molecular formula is C17H27F2IN4O2S. The van der Waals surface area contributed by atoms with Crippen LogP contribution >= 0.6 is 24.0 Å². The molecule has 0 bridgehead atoms. The standard InChI is InChI=1S/C17H26F2N4O2S.HI/c1-3-26(24,25)23-10-7-15(8-11-23)22-17(20-2)21-9-6-13-4-5-14(18)12-16(13)19;/h4-5,12,15H,3,6-11H2,1-2H3,(H2,20,21,22);1H. The van der Waals surface area contributed by atoms with Crippen LogP contribution in [0.2, 0.25) is 0 Å². The van der Waals surface area contributed by atoms with Crippen molar-refractivity contribution in [2.45, 2.75) is 32.2 Å². The maximum Gasteiger partial charge on any atom is 0.213 e. The summed E-state index contributed by atoms with van der Waals surface area (Å²) in [5.41, 5.74) is 0.437. The van der Waals surface area contributed by atoms with Crippen LogP contribution in [-0.4, -0.2) is 57.2 Å². The van der Waals surface area contributed by atoms with Crippen LogP contribution < -0.4 is 10.6 Å². The third-order valence-electron chi connectivity index (χ3n) is 4.48. The molecule has 1 aliphatic rings. The Hall–Kier alpha value is -1.01. The van der Waals surface area contributed by atoms with Gasteiger partial charge < -0.3 is 10.6 Å². The van der Waals surface area contributed by atoms with Gasteiger partial charge >= 0.3 is 0 Å². The van der Waals surface area contributed by atoms with Crippen molar-refractivity contribution in [1.82, 2.24) is 14.9 Å². The molecule has 0 aromatic heterocycles. The Morgan fingerprint density at radius 1 is 1.30 bits per heavy atom. The Labute approximate surface area is 176 Å². The van der Waals surface area contributed by atoms with E-state index in [2.05, 4.69) is 15.6 Å². The molecule has 27 heavy (non-hydrogen) atoms. The number of piperidine rings is 1. The van der Waals surface area contributed by atoms with Gasteiger partial charge in [-0.05, 0) is 37.8 Å². The van der Waals surface area contributed by atoms with Gasteiger partial charge in [0.25, 0.3) is 0 Å². The molecule has 0 radical (unpaired) electrons. The third-order valence-corrected chi connectivity index (χ3v) is 6.36. The van der Waals surface area contributed by atoms with Crippen molar-refractivity contribution in [3.8, 4) is 0 Å². The second kappa shape index (κ2) is 11.1. The lowest BCUT2D eigenvalue weighted by molar-refractivity contribution is 0.306. The number of nitrogens with zero attached hydrogens (tertiary/aromatic N) is 2. The molecule has 2 rings (SSSR count). The highest BCUT2D eigenvalue weighted by atomic mass is 127. The van der Waals surface area contributed by atoms with Crippen LogP contribution in [0.3, 0.4) is 0 Å². The summed E-state index contributed by atoms with van der Waals surface area (Å²) in [5.74, 6) is -0.439. The van der Waals surface area contributed by atoms with Crippen LogP contribution in [0.5, 0.6) is 0 Å². The first-order valence-electron chi connectivity index (χ1n) is 8.74. The van der Waals surface area contributed by atoms with Crippen molar-refractivity contribution in [2.24, 2.45) is 4.99 Å². The quantitative estimate of drug-likeness (QED) is 0.345. The van der Waals surface area contributed by atoms with Gasteiger partial charge in [-0.3, -0.25) is 4.99 Å². The SMILES string of the molecule is CCS(=O)(=O)N1CCC(NC(=NC)NCCc2ccc(F)cc2F)CC1.I. The zero-order valence-electron chi connectivity index (χ0n) is 15.5. The van der Waals surface area contributed by atoms with Gasteiger partial charge in [0.1, 0.15) is 11.6 Å². The largest absolute Gasteiger partial charge is 0.356 e. The van der Waals surface area contributed by atoms with Gasteiger partial charge in [-0.15, -0.1) is 24.0 Å². The number of halogens is 3. The van der Waals surface area contributed by atoms with Crippen molar-refractivity contribution >= 4 is 40.0 Å². The number of rotatable bonds is 6. The predicted octanol–water partition coefficient (Wildman–Crippen LogP) is 2.10. The summed E-state index contributed by atoms with van der Waals surface area (Å²) in [6.07, 6.45) is 1.80. The molecule has 0 spiro atoms. The van der Waals surface area contributed by atoms with Crippen molar-refractivity contribution < 1.29 is 17.2 Å². The minimum absolute atomic E-state index is 0. The number of aliphatic imine (C=N–C) groups is 1. The van der Waals surface area contributed by atoms with Gasteiger partial charge in [0.15, 0.2) is 5.96 Å². The van der Waals surface area contributed by atoms with Crippen molar-refractivity contribution in [1.29, 1.82) is 0 Å². The summed E-state index contributed by atoms with van der Waals surface area (Å²) >= 11 is 0. The monoisotopic (exact) mass is 516 g/mol. The molecule has 6 nitrogen and oxygen atoms in total. The highest BCUT2D eigenvalue weighted by molar-refractivity contribution is 14.0. The normalized spacial score (nSPS) is 16.7. The second-order valence-electron chi connectivity index (χ2n) is 6.20. The van der Waals surface area contributed by atoms with E-state index in [-0.39, 0.29) is 35.8 Å². The van der Waals surface area contributed by atoms with E-state index in [4.69, 9.17) is 0 Å². The summed E-state index contributed by atoms with van der Waals surface area (Å²) in [7, 11) is -1.49. The topological polar surface area (TPSA) is 73.8 Å². The van der Waals surface area contributed by atoms with Gasteiger partial charge in [-0.25, -0.2) is 21.5 Å². The highest BCUT2D eigenvalue weighted by Crippen LogP contribution is 2.14. The minimum atomic E-state index is -3.13. The van der Waals surface area contributed by atoms with E-state index in [1.165, 1.54) is 16.4 Å². The molecule has 1 aromatic carbocycles. The van der Waals surface area contributed by atoms with Gasteiger partial charge in [-0.2, -0.15) is 0 Å². The molecule has 0 aliphatic carbocycles. The van der Waals surface area contributed by atoms with Crippen LogP contribution in [0.1, 0.15) is 25.3 Å². The zero-order valence-corrected chi connectivity index (χ0v) is 18.7. The van der Waals surface area contributed by atoms with E-state index >= 15 is 0 Å². The van der Waals surface area contributed by atoms with Gasteiger partial charge in [-0.1, -0.05) is 6.07 Å². The molecule has 0 unspecified atom stereocenters. The third kappa shape index (κ3) is 7.15. The Bertz CT molecular complexity index is 738. The highest BCUT2D eigenvalue weighted by Gasteiger charge is 2.26. The number of guanidine groups is 1. The Kier molecular flexibility index (Phi) is 9.88. The number of hydrogen-bond acceptors (Lipinski definition) is 3. The van der Waals surface area contributed by atoms with E-state index in [9.17, 15) is 17.2 Å². The van der Waals surface area contributed by atoms with E-state index < -0.39 is 21.7 Å². The smallest absolute Gasteiger partial charge is 0.213 e. The van der Waals surface area contributed by atoms with E-state index in [0.29, 0.717) is 50.4 Å². The lowest BCUT2D eigenvalue weighted by Gasteiger charge is -2.32. The van der Waals surface area contributed by atoms with Crippen molar-refractivity contribution in [2.75, 3.05) is 32.4 Å². The van der Waals surface area contributed by atoms with Crippen molar-refractivity contribution in [3.05, 3.63) is 35.4 Å². The second-order valence-corrected chi connectivity index (χ2v) is 8.46. The number of benzene rings is 1. The van der Waals surface area contributed by atoms with Gasteiger partial charge in [0, 0.05) is 38.8 Å². The van der Waals surface area contributed by atoms with E-state index in [1.54, 1.807) is 14.0 Å². The molecule has 0 amide bonds. The first-order chi connectivity index (χ1) is 12.4. The Morgan fingerprint density at radius 2 is 1.96 bits per heavy atom. The number of hydrogen-bond donors (Lipinski definition) is 2. The van der Waals surface area contributed by atoms with Crippen molar-refractivity contribution in [3.63, 3.8) is 0 Å². The number of nitrogens with one attached hydrogen (secondary N) is 2. The average Bonchev–Trinajstić information content (AvgIpc) is 2.63. The molecule has 1 fully saturated rings. The minimum Gasteiger partial charge on any atom is -0.356 e. The molecule has 1 heterocycles. The maximum absolute atomic E-state index is 13.6. The summed E-state index contributed by atoms with van der Waals surface area (Å²) in [6, 6.07) is 3.68. The molecular weight excluding hydrogens is 489 g/mol. The molecule has 0 atom stereocenters. The maximum atomic E-state index is 13.6. The first kappa shape index (κ1) is 24.0. The van der Waals surface area contributed by atoms with Crippen LogP contribution in [0.25, 0.3) is 0 Å². The lowest BCUT2D eigenvalue weighted by atomic mass is 10.1. The molecule has 2 N–H and O–H groups in total. The van der Waals surface area contributed by atoms with E-state index in [0.717, 1.165) is 6.07 Å².